The second kappa shape index (κ2) is 7.92. The van der Waals surface area contributed by atoms with Gasteiger partial charge in [-0.1, -0.05) is 17.3 Å². The van der Waals surface area contributed by atoms with Crippen LogP contribution in [-0.2, 0) is 11.2 Å². The molecule has 0 atom stereocenters. The van der Waals surface area contributed by atoms with Crippen molar-refractivity contribution in [3.8, 4) is 22.1 Å². The second-order valence-corrected chi connectivity index (χ2v) is 6.44. The number of ether oxygens (including phenoxy) is 2. The van der Waals surface area contributed by atoms with E-state index in [-0.39, 0.29) is 17.9 Å². The van der Waals surface area contributed by atoms with Crippen LogP contribution in [0.3, 0.4) is 0 Å². The highest BCUT2D eigenvalue weighted by atomic mass is 32.1. The standard InChI is InChI=1S/C18H17N3O5S/c1-24-11-6-5-10(8-12(11)25-2)9-14(22)20-18-15(17(19)23)16(21-26-18)13-4-3-7-27-13/h3-8H,9H2,1-2H3,(H2,19,23)(H,20,22). The Labute approximate surface area is 158 Å². The first-order valence-corrected chi connectivity index (χ1v) is 8.75. The summed E-state index contributed by atoms with van der Waals surface area (Å²) in [5.74, 6) is -0.121. The Balaban J connectivity index is 1.80. The molecular formula is C18H17N3O5S. The van der Waals surface area contributed by atoms with Gasteiger partial charge in [-0.3, -0.25) is 14.9 Å². The third-order valence-electron chi connectivity index (χ3n) is 3.76. The molecule has 0 saturated carbocycles. The minimum absolute atomic E-state index is 0.0353. The molecule has 0 fully saturated rings. The molecule has 3 N–H and O–H groups in total. The maximum atomic E-state index is 12.4. The lowest BCUT2D eigenvalue weighted by Gasteiger charge is -2.09. The predicted molar refractivity (Wildman–Crippen MR) is 100 cm³/mol. The van der Waals surface area contributed by atoms with Gasteiger partial charge in [-0.25, -0.2) is 0 Å². The van der Waals surface area contributed by atoms with Gasteiger partial charge in [-0.05, 0) is 29.1 Å². The summed E-state index contributed by atoms with van der Waals surface area (Å²) < 4.78 is 15.5. The van der Waals surface area contributed by atoms with Gasteiger partial charge in [0, 0.05) is 0 Å². The Hall–Kier alpha value is -3.33. The van der Waals surface area contributed by atoms with E-state index >= 15 is 0 Å². The fourth-order valence-corrected chi connectivity index (χ4v) is 3.24. The summed E-state index contributed by atoms with van der Waals surface area (Å²) >= 11 is 1.38. The van der Waals surface area contributed by atoms with Crippen LogP contribution in [0.5, 0.6) is 11.5 Å². The van der Waals surface area contributed by atoms with E-state index in [1.54, 1.807) is 24.3 Å². The monoisotopic (exact) mass is 387 g/mol. The smallest absolute Gasteiger partial charge is 0.256 e. The average molecular weight is 387 g/mol. The topological polar surface area (TPSA) is 117 Å². The number of thiophene rings is 1. The zero-order chi connectivity index (χ0) is 19.4. The van der Waals surface area contributed by atoms with Gasteiger partial charge < -0.3 is 19.7 Å². The van der Waals surface area contributed by atoms with Crippen molar-refractivity contribution in [2.24, 2.45) is 5.73 Å². The third-order valence-corrected chi connectivity index (χ3v) is 4.64. The molecule has 0 aliphatic carbocycles. The number of anilines is 1. The molecule has 1 aromatic carbocycles. The average Bonchev–Trinajstić information content (AvgIpc) is 3.30. The van der Waals surface area contributed by atoms with Crippen LogP contribution in [0.25, 0.3) is 10.6 Å². The van der Waals surface area contributed by atoms with Crippen LogP contribution in [-0.4, -0.2) is 31.2 Å². The largest absolute Gasteiger partial charge is 0.493 e. The first-order chi connectivity index (χ1) is 13.0. The third kappa shape index (κ3) is 3.93. The number of aromatic nitrogens is 1. The Morgan fingerprint density at radius 3 is 2.63 bits per heavy atom. The number of methoxy groups -OCH3 is 2. The second-order valence-electron chi connectivity index (χ2n) is 5.49. The quantitative estimate of drug-likeness (QED) is 0.644. The highest BCUT2D eigenvalue weighted by Gasteiger charge is 2.24. The van der Waals surface area contributed by atoms with E-state index in [0.29, 0.717) is 27.6 Å². The van der Waals surface area contributed by atoms with Gasteiger partial charge in [0.15, 0.2) is 11.5 Å². The highest BCUT2D eigenvalue weighted by Crippen LogP contribution is 2.32. The number of carbonyl (C=O) groups excluding carboxylic acids is 2. The summed E-state index contributed by atoms with van der Waals surface area (Å²) in [4.78, 5) is 24.9. The number of primary amides is 1. The number of nitrogens with two attached hydrogens (primary N) is 1. The molecule has 3 aromatic rings. The molecule has 0 saturated heterocycles. The van der Waals surface area contributed by atoms with Crippen molar-refractivity contribution in [3.63, 3.8) is 0 Å². The van der Waals surface area contributed by atoms with E-state index in [1.807, 2.05) is 11.4 Å². The number of benzene rings is 1. The van der Waals surface area contributed by atoms with Gasteiger partial charge in [0.05, 0.1) is 25.5 Å². The summed E-state index contributed by atoms with van der Waals surface area (Å²) in [7, 11) is 3.05. The van der Waals surface area contributed by atoms with Gasteiger partial charge in [0.2, 0.25) is 11.8 Å². The number of hydrogen-bond donors (Lipinski definition) is 2. The Bertz CT molecular complexity index is 966. The van der Waals surface area contributed by atoms with Crippen molar-refractivity contribution < 1.29 is 23.6 Å². The number of amides is 2. The molecule has 0 bridgehead atoms. The van der Waals surface area contributed by atoms with Crippen molar-refractivity contribution in [2.75, 3.05) is 19.5 Å². The summed E-state index contributed by atoms with van der Waals surface area (Å²) in [5.41, 5.74) is 6.49. The van der Waals surface area contributed by atoms with Gasteiger partial charge >= 0.3 is 0 Å². The molecule has 2 amide bonds. The lowest BCUT2D eigenvalue weighted by molar-refractivity contribution is -0.115. The molecule has 0 unspecified atom stereocenters. The molecule has 9 heteroatoms. The molecule has 3 rings (SSSR count). The van der Waals surface area contributed by atoms with Crippen LogP contribution >= 0.6 is 11.3 Å². The zero-order valence-electron chi connectivity index (χ0n) is 14.6. The minimum Gasteiger partial charge on any atom is -0.493 e. The summed E-state index contributed by atoms with van der Waals surface area (Å²) in [6.07, 6.45) is 0.0353. The van der Waals surface area contributed by atoms with E-state index in [9.17, 15) is 9.59 Å². The molecule has 0 aliphatic heterocycles. The van der Waals surface area contributed by atoms with E-state index < -0.39 is 11.8 Å². The first kappa shape index (κ1) is 18.5. The van der Waals surface area contributed by atoms with Crippen molar-refractivity contribution in [3.05, 3.63) is 46.8 Å². The number of hydrogen-bond acceptors (Lipinski definition) is 7. The summed E-state index contributed by atoms with van der Waals surface area (Å²) in [5, 5.41) is 8.26. The number of carbonyl (C=O) groups is 2. The molecule has 0 radical (unpaired) electrons. The molecule has 0 spiro atoms. The lowest BCUT2D eigenvalue weighted by Crippen LogP contribution is -2.18. The first-order valence-electron chi connectivity index (χ1n) is 7.87. The van der Waals surface area contributed by atoms with Crippen LogP contribution in [0.1, 0.15) is 15.9 Å². The van der Waals surface area contributed by atoms with Crippen molar-refractivity contribution in [2.45, 2.75) is 6.42 Å². The maximum Gasteiger partial charge on any atom is 0.256 e. The fraction of sp³-hybridized carbons (Fsp3) is 0.167. The van der Waals surface area contributed by atoms with Crippen molar-refractivity contribution >= 4 is 29.0 Å². The SMILES string of the molecule is COc1ccc(CC(=O)Nc2onc(-c3cccs3)c2C(N)=O)cc1OC. The van der Waals surface area contributed by atoms with Crippen molar-refractivity contribution in [1.82, 2.24) is 5.16 Å². The lowest BCUT2D eigenvalue weighted by atomic mass is 10.1. The molecule has 0 aliphatic rings. The van der Waals surface area contributed by atoms with E-state index in [1.165, 1.54) is 25.6 Å². The molecular weight excluding hydrogens is 370 g/mol. The minimum atomic E-state index is -0.735. The fourth-order valence-electron chi connectivity index (χ4n) is 2.53. The predicted octanol–water partition coefficient (Wildman–Crippen LogP) is 2.70. The Kier molecular flexibility index (Phi) is 5.41. The van der Waals surface area contributed by atoms with Crippen LogP contribution in [0.4, 0.5) is 5.88 Å². The van der Waals surface area contributed by atoms with Crippen molar-refractivity contribution in [1.29, 1.82) is 0 Å². The normalized spacial score (nSPS) is 10.4. The number of nitrogens with zero attached hydrogens (tertiary/aromatic N) is 1. The molecule has 8 nitrogen and oxygen atoms in total. The number of rotatable bonds is 7. The summed E-state index contributed by atoms with van der Waals surface area (Å²) in [6, 6.07) is 8.75. The van der Waals surface area contributed by atoms with E-state index in [0.717, 1.165) is 0 Å². The number of nitrogens with one attached hydrogen (secondary N) is 1. The van der Waals surface area contributed by atoms with Crippen LogP contribution in [0.15, 0.2) is 40.2 Å². The van der Waals surface area contributed by atoms with E-state index in [2.05, 4.69) is 10.5 Å². The molecule has 140 valence electrons. The van der Waals surface area contributed by atoms with Gasteiger partial charge in [0.1, 0.15) is 11.3 Å². The van der Waals surface area contributed by atoms with Crippen LogP contribution in [0.2, 0.25) is 0 Å². The Morgan fingerprint density at radius 1 is 1.22 bits per heavy atom. The van der Waals surface area contributed by atoms with Crippen LogP contribution < -0.4 is 20.5 Å². The van der Waals surface area contributed by atoms with Crippen LogP contribution in [0, 0.1) is 0 Å². The molecule has 27 heavy (non-hydrogen) atoms. The van der Waals surface area contributed by atoms with Gasteiger partial charge in [-0.2, -0.15) is 0 Å². The zero-order valence-corrected chi connectivity index (χ0v) is 15.5. The van der Waals surface area contributed by atoms with E-state index in [4.69, 9.17) is 19.7 Å². The maximum absolute atomic E-state index is 12.4. The highest BCUT2D eigenvalue weighted by molar-refractivity contribution is 7.13. The molecule has 2 heterocycles. The van der Waals surface area contributed by atoms with Gasteiger partial charge in [0.25, 0.3) is 5.91 Å². The summed E-state index contributed by atoms with van der Waals surface area (Å²) in [6.45, 7) is 0. The van der Waals surface area contributed by atoms with Gasteiger partial charge in [-0.15, -0.1) is 11.3 Å². The molecule has 2 aromatic heterocycles. The Morgan fingerprint density at radius 2 is 2.00 bits per heavy atom.